The zero-order valence-corrected chi connectivity index (χ0v) is 9.27. The van der Waals surface area contributed by atoms with E-state index in [4.69, 9.17) is 10.5 Å². The Morgan fingerprint density at radius 1 is 1.50 bits per heavy atom. The first-order valence-corrected chi connectivity index (χ1v) is 5.14. The lowest BCUT2D eigenvalue weighted by molar-refractivity contribution is 0.00304. The van der Waals surface area contributed by atoms with Crippen molar-refractivity contribution in [3.8, 4) is 0 Å². The molecule has 0 aliphatic carbocycles. The molecule has 3 heteroatoms. The zero-order valence-electron chi connectivity index (χ0n) is 9.27. The molecule has 0 aromatic carbocycles. The second kappa shape index (κ2) is 3.89. The lowest BCUT2D eigenvalue weighted by atomic mass is 9.76. The minimum atomic E-state index is -1.53. The van der Waals surface area contributed by atoms with Crippen molar-refractivity contribution < 1.29 is 9.13 Å². The molecule has 1 rings (SSSR count). The number of hydrogen-bond acceptors (Lipinski definition) is 2. The number of alkyl halides is 1. The van der Waals surface area contributed by atoms with Gasteiger partial charge in [0.15, 0.2) is 5.67 Å². The average Bonchev–Trinajstić information content (AvgIpc) is 2.16. The monoisotopic (exact) mass is 201 g/mol. The van der Waals surface area contributed by atoms with Gasteiger partial charge < -0.3 is 10.5 Å². The molecule has 0 saturated heterocycles. The molecule has 0 saturated carbocycles. The number of ether oxygens (including phenoxy) is 1. The van der Waals surface area contributed by atoms with Crippen molar-refractivity contribution in [1.82, 2.24) is 0 Å². The molecule has 0 aromatic rings. The molecule has 0 aromatic heterocycles. The first-order valence-electron chi connectivity index (χ1n) is 5.14. The van der Waals surface area contributed by atoms with E-state index < -0.39 is 11.1 Å². The quantitative estimate of drug-likeness (QED) is 0.744. The van der Waals surface area contributed by atoms with Gasteiger partial charge >= 0.3 is 0 Å². The number of nitrogens with two attached hydrogens (primary N) is 1. The van der Waals surface area contributed by atoms with Gasteiger partial charge in [-0.05, 0) is 18.9 Å². The topological polar surface area (TPSA) is 35.2 Å². The highest BCUT2D eigenvalue weighted by atomic mass is 19.1. The van der Waals surface area contributed by atoms with Crippen LogP contribution in [0.1, 0.15) is 33.6 Å². The third-order valence-corrected chi connectivity index (χ3v) is 2.80. The molecule has 0 bridgehead atoms. The van der Waals surface area contributed by atoms with Gasteiger partial charge in [0.25, 0.3) is 0 Å². The van der Waals surface area contributed by atoms with Gasteiger partial charge in [-0.15, -0.1) is 0 Å². The van der Waals surface area contributed by atoms with Gasteiger partial charge in [0.1, 0.15) is 5.76 Å². The maximum absolute atomic E-state index is 14.6. The maximum atomic E-state index is 14.6. The third-order valence-electron chi connectivity index (χ3n) is 2.80. The summed E-state index contributed by atoms with van der Waals surface area (Å²) in [5, 5.41) is 0. The van der Waals surface area contributed by atoms with E-state index in [1.165, 1.54) is 0 Å². The highest BCUT2D eigenvalue weighted by molar-refractivity contribution is 5.17. The van der Waals surface area contributed by atoms with Gasteiger partial charge in [-0.3, -0.25) is 0 Å². The lowest BCUT2D eigenvalue weighted by Gasteiger charge is -2.39. The maximum Gasteiger partial charge on any atom is 0.184 e. The van der Waals surface area contributed by atoms with E-state index in [1.54, 1.807) is 0 Å². The van der Waals surface area contributed by atoms with Crippen molar-refractivity contribution in [2.45, 2.75) is 39.3 Å². The SMILES string of the molecule is CC(C)(C)C(F)(CN)C1=CCCCO1. The van der Waals surface area contributed by atoms with Crippen LogP contribution < -0.4 is 5.73 Å². The zero-order chi connectivity index (χ0) is 10.8. The van der Waals surface area contributed by atoms with Crippen molar-refractivity contribution >= 4 is 0 Å². The summed E-state index contributed by atoms with van der Waals surface area (Å²) < 4.78 is 20.0. The number of halogens is 1. The molecular weight excluding hydrogens is 181 g/mol. The lowest BCUT2D eigenvalue weighted by Crippen LogP contribution is -2.48. The summed E-state index contributed by atoms with van der Waals surface area (Å²) in [4.78, 5) is 0. The summed E-state index contributed by atoms with van der Waals surface area (Å²) in [6.07, 6.45) is 3.69. The normalized spacial score (nSPS) is 22.2. The van der Waals surface area contributed by atoms with E-state index in [-0.39, 0.29) is 6.54 Å². The highest BCUT2D eigenvalue weighted by Gasteiger charge is 2.46. The Morgan fingerprint density at radius 2 is 2.14 bits per heavy atom. The molecule has 0 spiro atoms. The van der Waals surface area contributed by atoms with E-state index >= 15 is 0 Å². The van der Waals surface area contributed by atoms with Crippen LogP contribution in [0.5, 0.6) is 0 Å². The van der Waals surface area contributed by atoms with Gasteiger partial charge in [0.2, 0.25) is 0 Å². The molecule has 82 valence electrons. The Kier molecular flexibility index (Phi) is 3.20. The fraction of sp³-hybridized carbons (Fsp3) is 0.818. The predicted molar refractivity (Wildman–Crippen MR) is 55.6 cm³/mol. The van der Waals surface area contributed by atoms with Crippen LogP contribution in [-0.2, 0) is 4.74 Å². The fourth-order valence-electron chi connectivity index (χ4n) is 1.61. The molecule has 1 aliphatic rings. The van der Waals surface area contributed by atoms with E-state index in [0.29, 0.717) is 12.4 Å². The Bertz CT molecular complexity index is 232. The van der Waals surface area contributed by atoms with Crippen LogP contribution in [0.4, 0.5) is 4.39 Å². The van der Waals surface area contributed by atoms with Gasteiger partial charge in [-0.2, -0.15) is 0 Å². The summed E-state index contributed by atoms with van der Waals surface area (Å²) in [7, 11) is 0. The van der Waals surface area contributed by atoms with Gasteiger partial charge in [0, 0.05) is 12.0 Å². The number of rotatable bonds is 2. The molecule has 2 N–H and O–H groups in total. The van der Waals surface area contributed by atoms with Crippen LogP contribution in [0.3, 0.4) is 0 Å². The fourth-order valence-corrected chi connectivity index (χ4v) is 1.61. The third kappa shape index (κ3) is 1.92. The molecule has 0 amide bonds. The summed E-state index contributed by atoms with van der Waals surface area (Å²) in [6.45, 7) is 6.12. The van der Waals surface area contributed by atoms with Crippen molar-refractivity contribution in [3.05, 3.63) is 11.8 Å². The molecule has 1 atom stereocenters. The predicted octanol–water partition coefficient (Wildman–Crippen LogP) is 2.39. The molecular formula is C11H20FNO. The second-order valence-electron chi connectivity index (χ2n) is 4.81. The molecule has 1 heterocycles. The molecule has 0 fully saturated rings. The Labute approximate surface area is 85.3 Å². The van der Waals surface area contributed by atoms with Crippen molar-refractivity contribution in [2.24, 2.45) is 11.1 Å². The van der Waals surface area contributed by atoms with Crippen molar-refractivity contribution in [2.75, 3.05) is 13.2 Å². The minimum absolute atomic E-state index is 0.0255. The first kappa shape index (κ1) is 11.5. The Morgan fingerprint density at radius 3 is 2.50 bits per heavy atom. The molecule has 1 aliphatic heterocycles. The molecule has 14 heavy (non-hydrogen) atoms. The summed E-state index contributed by atoms with van der Waals surface area (Å²) in [6, 6.07) is 0. The summed E-state index contributed by atoms with van der Waals surface area (Å²) in [5.74, 6) is 0.429. The first-order chi connectivity index (χ1) is 6.42. The standard InChI is InChI=1S/C11H20FNO/c1-10(2,3)11(12,8-13)9-6-4-5-7-14-9/h6H,4-5,7-8,13H2,1-3H3. The van der Waals surface area contributed by atoms with Crippen LogP contribution in [0.2, 0.25) is 0 Å². The van der Waals surface area contributed by atoms with Crippen LogP contribution in [0, 0.1) is 5.41 Å². The molecule has 0 radical (unpaired) electrons. The summed E-state index contributed by atoms with van der Waals surface area (Å²) in [5.41, 5.74) is 3.47. The molecule has 1 unspecified atom stereocenters. The van der Waals surface area contributed by atoms with Crippen LogP contribution in [0.25, 0.3) is 0 Å². The van der Waals surface area contributed by atoms with Crippen LogP contribution in [-0.4, -0.2) is 18.8 Å². The van der Waals surface area contributed by atoms with E-state index in [1.807, 2.05) is 26.8 Å². The van der Waals surface area contributed by atoms with E-state index in [9.17, 15) is 4.39 Å². The number of allylic oxidation sites excluding steroid dienone is 1. The molecule has 2 nitrogen and oxygen atoms in total. The van der Waals surface area contributed by atoms with Crippen molar-refractivity contribution in [1.29, 1.82) is 0 Å². The van der Waals surface area contributed by atoms with Gasteiger partial charge in [-0.25, -0.2) is 4.39 Å². The van der Waals surface area contributed by atoms with Gasteiger partial charge in [-0.1, -0.05) is 20.8 Å². The van der Waals surface area contributed by atoms with E-state index in [2.05, 4.69) is 0 Å². The van der Waals surface area contributed by atoms with Crippen molar-refractivity contribution in [3.63, 3.8) is 0 Å². The largest absolute Gasteiger partial charge is 0.495 e. The Hall–Kier alpha value is -0.570. The summed E-state index contributed by atoms with van der Waals surface area (Å²) >= 11 is 0. The minimum Gasteiger partial charge on any atom is -0.495 e. The second-order valence-corrected chi connectivity index (χ2v) is 4.81. The Balaban J connectivity index is 2.94. The van der Waals surface area contributed by atoms with Crippen LogP contribution in [0.15, 0.2) is 11.8 Å². The van der Waals surface area contributed by atoms with Gasteiger partial charge in [0.05, 0.1) is 6.61 Å². The average molecular weight is 201 g/mol. The number of hydrogen-bond donors (Lipinski definition) is 1. The van der Waals surface area contributed by atoms with Crippen LogP contribution >= 0.6 is 0 Å². The highest BCUT2D eigenvalue weighted by Crippen LogP contribution is 2.40. The van der Waals surface area contributed by atoms with E-state index in [0.717, 1.165) is 12.8 Å². The smallest absolute Gasteiger partial charge is 0.184 e.